The highest BCUT2D eigenvalue weighted by atomic mass is 79.9. The van der Waals surface area contributed by atoms with Crippen LogP contribution in [-0.4, -0.2) is 6.47 Å². The van der Waals surface area contributed by atoms with Gasteiger partial charge in [0.05, 0.1) is 4.90 Å². The number of hydrogen-bond donors (Lipinski definition) is 0. The molecule has 0 saturated carbocycles. The van der Waals surface area contributed by atoms with Crippen molar-refractivity contribution in [3.63, 3.8) is 0 Å². The lowest BCUT2D eigenvalue weighted by Gasteiger charge is -2.07. The fourth-order valence-corrected chi connectivity index (χ4v) is 3.42. The van der Waals surface area contributed by atoms with E-state index in [0.29, 0.717) is 12.2 Å². The lowest BCUT2D eigenvalue weighted by atomic mass is 10.3. The lowest BCUT2D eigenvalue weighted by molar-refractivity contribution is -0.120. The van der Waals surface area contributed by atoms with Crippen LogP contribution in [0.25, 0.3) is 0 Å². The minimum Gasteiger partial charge on any atom is -0.428 e. The van der Waals surface area contributed by atoms with Crippen LogP contribution >= 0.6 is 43.6 Å². The van der Waals surface area contributed by atoms with E-state index in [1.807, 2.05) is 36.4 Å². The fraction of sp³-hybridized carbons (Fsp3) is 0. The molecule has 0 bridgehead atoms. The third kappa shape index (κ3) is 3.60. The molecule has 0 aliphatic heterocycles. The SMILES string of the molecule is O=COc1ccc(Br)cc1Sc1cccc(Br)c1. The quantitative estimate of drug-likeness (QED) is 0.698. The summed E-state index contributed by atoms with van der Waals surface area (Å²) in [6, 6.07) is 13.5. The average molecular weight is 388 g/mol. The Labute approximate surface area is 126 Å². The van der Waals surface area contributed by atoms with Gasteiger partial charge in [0.15, 0.2) is 0 Å². The van der Waals surface area contributed by atoms with Crippen LogP contribution < -0.4 is 4.74 Å². The number of halogens is 2. The summed E-state index contributed by atoms with van der Waals surface area (Å²) in [5.74, 6) is 0.554. The third-order valence-electron chi connectivity index (χ3n) is 2.10. The Morgan fingerprint density at radius 3 is 2.56 bits per heavy atom. The molecule has 0 aliphatic rings. The van der Waals surface area contributed by atoms with Gasteiger partial charge < -0.3 is 4.74 Å². The van der Waals surface area contributed by atoms with Gasteiger partial charge in [-0.3, -0.25) is 4.79 Å². The summed E-state index contributed by atoms with van der Waals surface area (Å²) >= 11 is 8.38. The molecule has 0 aliphatic carbocycles. The standard InChI is InChI=1S/C13H8Br2O2S/c14-9-2-1-3-11(6-9)18-13-7-10(15)4-5-12(13)17-8-16/h1-8H. The summed E-state index contributed by atoms with van der Waals surface area (Å²) in [6.45, 7) is 0.439. The van der Waals surface area contributed by atoms with Crippen molar-refractivity contribution in [3.05, 3.63) is 51.4 Å². The number of hydrogen-bond acceptors (Lipinski definition) is 3. The van der Waals surface area contributed by atoms with E-state index < -0.39 is 0 Å². The minimum atomic E-state index is 0.439. The van der Waals surface area contributed by atoms with Crippen molar-refractivity contribution in [1.29, 1.82) is 0 Å². The van der Waals surface area contributed by atoms with Crippen molar-refractivity contribution >= 4 is 50.1 Å². The zero-order valence-electron chi connectivity index (χ0n) is 9.10. The molecule has 0 amide bonds. The molecule has 0 radical (unpaired) electrons. The molecule has 2 aromatic rings. The molecule has 2 aromatic carbocycles. The molecule has 0 atom stereocenters. The van der Waals surface area contributed by atoms with Gasteiger partial charge in [-0.25, -0.2) is 0 Å². The number of benzene rings is 2. The zero-order chi connectivity index (χ0) is 13.0. The van der Waals surface area contributed by atoms with E-state index >= 15 is 0 Å². The number of carbonyl (C=O) groups is 1. The van der Waals surface area contributed by atoms with Crippen molar-refractivity contribution < 1.29 is 9.53 Å². The van der Waals surface area contributed by atoms with Gasteiger partial charge in [0.2, 0.25) is 0 Å². The molecule has 0 unspecified atom stereocenters. The van der Waals surface area contributed by atoms with Crippen molar-refractivity contribution in [3.8, 4) is 5.75 Å². The smallest absolute Gasteiger partial charge is 0.298 e. The van der Waals surface area contributed by atoms with Crippen LogP contribution in [0.3, 0.4) is 0 Å². The number of carbonyl (C=O) groups excluding carboxylic acids is 1. The maximum Gasteiger partial charge on any atom is 0.298 e. The summed E-state index contributed by atoms with van der Waals surface area (Å²) < 4.78 is 6.92. The molecule has 5 heteroatoms. The second-order valence-corrected chi connectivity index (χ2v) is 6.31. The predicted octanol–water partition coefficient (Wildman–Crippen LogP) is 4.90. The van der Waals surface area contributed by atoms with Crippen LogP contribution in [0.15, 0.2) is 61.2 Å². The second kappa shape index (κ2) is 6.41. The molecular formula is C13H8Br2O2S. The van der Waals surface area contributed by atoms with Crippen molar-refractivity contribution in [1.82, 2.24) is 0 Å². The molecule has 0 fully saturated rings. The molecule has 0 N–H and O–H groups in total. The summed E-state index contributed by atoms with van der Waals surface area (Å²) in [5.41, 5.74) is 0. The Morgan fingerprint density at radius 2 is 1.83 bits per heavy atom. The van der Waals surface area contributed by atoms with E-state index in [1.165, 1.54) is 11.8 Å². The van der Waals surface area contributed by atoms with Gasteiger partial charge >= 0.3 is 0 Å². The van der Waals surface area contributed by atoms with Crippen LogP contribution in [-0.2, 0) is 4.79 Å². The maximum absolute atomic E-state index is 10.5. The van der Waals surface area contributed by atoms with E-state index in [1.54, 1.807) is 6.07 Å². The van der Waals surface area contributed by atoms with Gasteiger partial charge in [-0.15, -0.1) is 0 Å². The van der Waals surface area contributed by atoms with E-state index in [-0.39, 0.29) is 0 Å². The van der Waals surface area contributed by atoms with Crippen LogP contribution in [0.1, 0.15) is 0 Å². The summed E-state index contributed by atoms with van der Waals surface area (Å²) in [6.07, 6.45) is 0. The average Bonchev–Trinajstić information content (AvgIpc) is 2.33. The Morgan fingerprint density at radius 1 is 1.06 bits per heavy atom. The number of rotatable bonds is 4. The largest absolute Gasteiger partial charge is 0.428 e. The van der Waals surface area contributed by atoms with Gasteiger partial charge in [0.1, 0.15) is 5.75 Å². The first-order chi connectivity index (χ1) is 8.69. The van der Waals surface area contributed by atoms with Gasteiger partial charge in [-0.1, -0.05) is 49.7 Å². The molecule has 2 nitrogen and oxygen atoms in total. The van der Waals surface area contributed by atoms with Crippen molar-refractivity contribution in [2.24, 2.45) is 0 Å². The van der Waals surface area contributed by atoms with E-state index in [2.05, 4.69) is 31.9 Å². The van der Waals surface area contributed by atoms with Crippen molar-refractivity contribution in [2.75, 3.05) is 0 Å². The Kier molecular flexibility index (Phi) is 4.86. The highest BCUT2D eigenvalue weighted by molar-refractivity contribution is 9.10. The molecule has 0 heterocycles. The highest BCUT2D eigenvalue weighted by Crippen LogP contribution is 2.37. The molecular weight excluding hydrogens is 380 g/mol. The van der Waals surface area contributed by atoms with Gasteiger partial charge in [-0.05, 0) is 36.4 Å². The zero-order valence-corrected chi connectivity index (χ0v) is 13.1. The lowest BCUT2D eigenvalue weighted by Crippen LogP contribution is -1.90. The minimum absolute atomic E-state index is 0.439. The fourth-order valence-electron chi connectivity index (χ4n) is 1.37. The monoisotopic (exact) mass is 386 g/mol. The van der Waals surface area contributed by atoms with Crippen LogP contribution in [0.5, 0.6) is 5.75 Å². The van der Waals surface area contributed by atoms with E-state index in [9.17, 15) is 4.79 Å². The topological polar surface area (TPSA) is 26.3 Å². The van der Waals surface area contributed by atoms with Crippen LogP contribution in [0, 0.1) is 0 Å². The summed E-state index contributed by atoms with van der Waals surface area (Å²) in [5, 5.41) is 0. The normalized spacial score (nSPS) is 10.1. The molecule has 18 heavy (non-hydrogen) atoms. The molecule has 92 valence electrons. The molecule has 2 rings (SSSR count). The first-order valence-electron chi connectivity index (χ1n) is 5.02. The highest BCUT2D eigenvalue weighted by Gasteiger charge is 2.07. The van der Waals surface area contributed by atoms with Crippen LogP contribution in [0.2, 0.25) is 0 Å². The van der Waals surface area contributed by atoms with Gasteiger partial charge in [0.25, 0.3) is 6.47 Å². The first-order valence-corrected chi connectivity index (χ1v) is 7.42. The Bertz CT molecular complexity index is 573. The maximum atomic E-state index is 10.5. The molecule has 0 aromatic heterocycles. The Hall–Kier alpha value is -0.780. The van der Waals surface area contributed by atoms with E-state index in [0.717, 1.165) is 18.7 Å². The molecule has 0 spiro atoms. The third-order valence-corrected chi connectivity index (χ3v) is 4.12. The van der Waals surface area contributed by atoms with Crippen LogP contribution in [0.4, 0.5) is 0 Å². The summed E-state index contributed by atoms with van der Waals surface area (Å²) in [7, 11) is 0. The number of ether oxygens (including phenoxy) is 1. The van der Waals surface area contributed by atoms with Gasteiger partial charge in [-0.2, -0.15) is 0 Å². The predicted molar refractivity (Wildman–Crippen MR) is 79.1 cm³/mol. The Balaban J connectivity index is 2.32. The molecule has 0 saturated heterocycles. The van der Waals surface area contributed by atoms with Gasteiger partial charge in [0, 0.05) is 13.8 Å². The first kappa shape index (κ1) is 13.6. The van der Waals surface area contributed by atoms with E-state index in [4.69, 9.17) is 4.74 Å². The summed E-state index contributed by atoms with van der Waals surface area (Å²) in [4.78, 5) is 12.4. The second-order valence-electron chi connectivity index (χ2n) is 3.36. The van der Waals surface area contributed by atoms with Crippen molar-refractivity contribution in [2.45, 2.75) is 9.79 Å².